The third-order valence-electron chi connectivity index (χ3n) is 10.4. The van der Waals surface area contributed by atoms with Gasteiger partial charge in [-0.1, -0.05) is 31.7 Å². The van der Waals surface area contributed by atoms with Crippen LogP contribution in [-0.4, -0.2) is 96.7 Å². The molecule has 9 nitrogen and oxygen atoms in total. The summed E-state index contributed by atoms with van der Waals surface area (Å²) in [4.78, 5) is 19.2. The SMILES string of the molecule is C=CC(=O)N1CCN(C2NC(OCC3CCCN3C)NC3C[C@]4(CCC32)CC(C)c2ccccc2O4)CC1CC#N. The Bertz CT molecular complexity index is 1160. The summed E-state index contributed by atoms with van der Waals surface area (Å²) in [6.07, 6.45) is 7.93. The number of likely N-dealkylation sites (tertiary alicyclic amines) is 1. The summed E-state index contributed by atoms with van der Waals surface area (Å²) in [7, 11) is 2.19. The van der Waals surface area contributed by atoms with Crippen LogP contribution in [0.5, 0.6) is 5.75 Å². The Labute approximate surface area is 244 Å². The number of nitrogens with zero attached hydrogens (tertiary/aromatic N) is 4. The molecule has 1 aliphatic carbocycles. The van der Waals surface area contributed by atoms with E-state index in [1.165, 1.54) is 24.5 Å². The lowest BCUT2D eigenvalue weighted by atomic mass is 9.68. The second kappa shape index (κ2) is 12.0. The Hall–Kier alpha value is -2.48. The second-order valence-electron chi connectivity index (χ2n) is 13.0. The molecule has 4 heterocycles. The molecule has 4 aliphatic heterocycles. The zero-order valence-electron chi connectivity index (χ0n) is 24.6. The first-order valence-corrected chi connectivity index (χ1v) is 15.6. The summed E-state index contributed by atoms with van der Waals surface area (Å²) in [6, 6.07) is 11.4. The first-order chi connectivity index (χ1) is 19.9. The number of piperazine rings is 1. The summed E-state index contributed by atoms with van der Waals surface area (Å²) in [5.41, 5.74) is 1.13. The monoisotopic (exact) mass is 562 g/mol. The molecule has 7 unspecified atom stereocenters. The number of ether oxygens (including phenoxy) is 2. The molecule has 1 saturated carbocycles. The van der Waals surface area contributed by atoms with Crippen molar-refractivity contribution in [3.63, 3.8) is 0 Å². The van der Waals surface area contributed by atoms with Gasteiger partial charge in [0, 0.05) is 44.1 Å². The number of fused-ring (bicyclic) bond motifs is 2. The number of hydrogen-bond donors (Lipinski definition) is 2. The van der Waals surface area contributed by atoms with E-state index in [1.54, 1.807) is 0 Å². The second-order valence-corrected chi connectivity index (χ2v) is 13.0. The molecular formula is C32H46N6O3. The molecule has 9 heteroatoms. The molecule has 0 radical (unpaired) electrons. The van der Waals surface area contributed by atoms with E-state index in [2.05, 4.69) is 71.3 Å². The molecule has 4 fully saturated rings. The average molecular weight is 563 g/mol. The maximum atomic E-state index is 12.6. The standard InChI is InChI=1S/C32H46N6O3/c1-4-29(39)38-17-16-37(20-23(38)12-14-33)30-26-11-13-32(18-22(2)25-9-5-6-10-28(25)41-32)19-27(26)34-31(35-30)40-21-24-8-7-15-36(24)3/h4-6,9-10,22-24,26-27,30-31,34-35H,1,7-8,11-13,15-21H2,2-3H3/t22?,23?,24?,26?,27?,30?,31?,32-/m0/s1. The average Bonchev–Trinajstić information content (AvgIpc) is 3.39. The van der Waals surface area contributed by atoms with Gasteiger partial charge in [-0.2, -0.15) is 5.26 Å². The minimum absolute atomic E-state index is 0.0913. The van der Waals surface area contributed by atoms with E-state index in [9.17, 15) is 10.1 Å². The number of hydrogen-bond acceptors (Lipinski definition) is 8. The lowest BCUT2D eigenvalue weighted by Gasteiger charge is -2.56. The summed E-state index contributed by atoms with van der Waals surface area (Å²) in [5, 5.41) is 17.2. The fourth-order valence-corrected chi connectivity index (χ4v) is 8.26. The van der Waals surface area contributed by atoms with Gasteiger partial charge >= 0.3 is 0 Å². The molecule has 1 aromatic carbocycles. The molecule has 6 rings (SSSR count). The van der Waals surface area contributed by atoms with E-state index in [0.29, 0.717) is 44.0 Å². The maximum absolute atomic E-state index is 12.6. The summed E-state index contributed by atoms with van der Waals surface area (Å²) in [5.74, 6) is 1.78. The molecule has 222 valence electrons. The highest BCUT2D eigenvalue weighted by Crippen LogP contribution is 2.49. The fraction of sp³-hybridized carbons (Fsp3) is 0.688. The van der Waals surface area contributed by atoms with Crippen LogP contribution < -0.4 is 15.4 Å². The van der Waals surface area contributed by atoms with Gasteiger partial charge in [-0.25, -0.2) is 0 Å². The van der Waals surface area contributed by atoms with Gasteiger partial charge in [-0.05, 0) is 69.3 Å². The van der Waals surface area contributed by atoms with Gasteiger partial charge in [-0.15, -0.1) is 0 Å². The van der Waals surface area contributed by atoms with Gasteiger partial charge in [0.05, 0.1) is 31.3 Å². The summed E-state index contributed by atoms with van der Waals surface area (Å²) < 4.78 is 13.4. The van der Waals surface area contributed by atoms with Crippen molar-refractivity contribution in [2.24, 2.45) is 5.92 Å². The maximum Gasteiger partial charge on any atom is 0.246 e. The van der Waals surface area contributed by atoms with Crippen LogP contribution in [0.4, 0.5) is 0 Å². The van der Waals surface area contributed by atoms with Crippen molar-refractivity contribution in [2.45, 2.75) is 94.0 Å². The van der Waals surface area contributed by atoms with Crippen molar-refractivity contribution < 1.29 is 14.3 Å². The van der Waals surface area contributed by atoms with E-state index >= 15 is 0 Å². The van der Waals surface area contributed by atoms with Crippen molar-refractivity contribution >= 4 is 5.91 Å². The highest BCUT2D eigenvalue weighted by atomic mass is 16.5. The largest absolute Gasteiger partial charge is 0.487 e. The van der Waals surface area contributed by atoms with Crippen LogP contribution in [0.25, 0.3) is 0 Å². The summed E-state index contributed by atoms with van der Waals surface area (Å²) in [6.45, 7) is 9.85. The van der Waals surface area contributed by atoms with Crippen molar-refractivity contribution in [2.75, 3.05) is 39.8 Å². The lowest BCUT2D eigenvalue weighted by molar-refractivity contribution is -0.140. The van der Waals surface area contributed by atoms with E-state index in [4.69, 9.17) is 9.47 Å². The smallest absolute Gasteiger partial charge is 0.246 e. The first-order valence-electron chi connectivity index (χ1n) is 15.6. The van der Waals surface area contributed by atoms with Crippen molar-refractivity contribution in [1.82, 2.24) is 25.3 Å². The Morgan fingerprint density at radius 1 is 1.22 bits per heavy atom. The molecular weight excluding hydrogens is 516 g/mol. The van der Waals surface area contributed by atoms with Crippen LogP contribution in [0.1, 0.15) is 63.4 Å². The number of carbonyl (C=O) groups excluding carboxylic acids is 1. The predicted molar refractivity (Wildman–Crippen MR) is 157 cm³/mol. The minimum atomic E-state index is -0.263. The number of para-hydroxylation sites is 1. The molecule has 1 spiro atoms. The van der Waals surface area contributed by atoms with E-state index < -0.39 is 0 Å². The van der Waals surface area contributed by atoms with Gasteiger partial charge in [0.25, 0.3) is 0 Å². The molecule has 1 amide bonds. The molecule has 2 N–H and O–H groups in total. The lowest BCUT2D eigenvalue weighted by Crippen LogP contribution is -2.73. The Morgan fingerprint density at radius 3 is 2.85 bits per heavy atom. The summed E-state index contributed by atoms with van der Waals surface area (Å²) >= 11 is 0. The highest BCUT2D eigenvalue weighted by Gasteiger charge is 2.52. The van der Waals surface area contributed by atoms with Gasteiger partial charge in [0.15, 0.2) is 6.35 Å². The predicted octanol–water partition coefficient (Wildman–Crippen LogP) is 3.01. The zero-order valence-corrected chi connectivity index (χ0v) is 24.6. The molecule has 8 atom stereocenters. The molecule has 3 saturated heterocycles. The van der Waals surface area contributed by atoms with E-state index in [-0.39, 0.29) is 36.1 Å². The fourth-order valence-electron chi connectivity index (χ4n) is 8.26. The van der Waals surface area contributed by atoms with Gasteiger partial charge < -0.3 is 19.3 Å². The quantitative estimate of drug-likeness (QED) is 0.512. The zero-order chi connectivity index (χ0) is 28.6. The van der Waals surface area contributed by atoms with Gasteiger partial charge in [-0.3, -0.25) is 20.3 Å². The van der Waals surface area contributed by atoms with Gasteiger partial charge in [0.1, 0.15) is 11.4 Å². The first kappa shape index (κ1) is 28.6. The Kier molecular flexibility index (Phi) is 8.39. The van der Waals surface area contributed by atoms with Crippen LogP contribution in [0.15, 0.2) is 36.9 Å². The topological polar surface area (TPSA) is 93.1 Å². The highest BCUT2D eigenvalue weighted by molar-refractivity contribution is 5.87. The van der Waals surface area contributed by atoms with Crippen molar-refractivity contribution in [3.8, 4) is 11.8 Å². The van der Waals surface area contributed by atoms with Gasteiger partial charge in [0.2, 0.25) is 5.91 Å². The molecule has 0 bridgehead atoms. The van der Waals surface area contributed by atoms with Crippen LogP contribution in [0.2, 0.25) is 0 Å². The number of nitrogens with one attached hydrogen (secondary N) is 2. The number of benzene rings is 1. The Morgan fingerprint density at radius 2 is 2.07 bits per heavy atom. The molecule has 41 heavy (non-hydrogen) atoms. The third kappa shape index (κ3) is 5.78. The van der Waals surface area contributed by atoms with Crippen LogP contribution in [0.3, 0.4) is 0 Å². The van der Waals surface area contributed by atoms with Crippen molar-refractivity contribution in [1.29, 1.82) is 5.26 Å². The molecule has 0 aromatic heterocycles. The van der Waals surface area contributed by atoms with Crippen LogP contribution in [0, 0.1) is 17.2 Å². The van der Waals surface area contributed by atoms with Crippen LogP contribution in [-0.2, 0) is 9.53 Å². The number of carbonyl (C=O) groups is 1. The van der Waals surface area contributed by atoms with Crippen molar-refractivity contribution in [3.05, 3.63) is 42.5 Å². The van der Waals surface area contributed by atoms with Crippen LogP contribution >= 0.6 is 0 Å². The Balaban J connectivity index is 1.22. The normalized spacial score (nSPS) is 37.6. The van der Waals surface area contributed by atoms with E-state index in [1.807, 2.05) is 4.90 Å². The molecule has 1 aromatic rings. The van der Waals surface area contributed by atoms with E-state index in [0.717, 1.165) is 44.5 Å². The number of likely N-dealkylation sites (N-methyl/N-ethyl adjacent to an activating group) is 1. The minimum Gasteiger partial charge on any atom is -0.487 e. The third-order valence-corrected chi connectivity index (χ3v) is 10.4. The number of amides is 1. The number of rotatable bonds is 6. The molecule has 5 aliphatic rings. The number of nitriles is 1.